The number of halogens is 3. The Bertz CT molecular complexity index is 1880. The lowest BCUT2D eigenvalue weighted by molar-refractivity contribution is -0.155. The number of amides is 3. The van der Waals surface area contributed by atoms with Crippen molar-refractivity contribution in [1.82, 2.24) is 30.4 Å². The molecule has 3 aromatic heterocycles. The van der Waals surface area contributed by atoms with Gasteiger partial charge in [-0.2, -0.15) is 17.5 Å². The predicted octanol–water partition coefficient (Wildman–Crippen LogP) is 3.29. The van der Waals surface area contributed by atoms with Crippen molar-refractivity contribution in [3.05, 3.63) is 83.2 Å². The first-order chi connectivity index (χ1) is 23.4. The molecule has 5 rings (SSSR count). The Hall–Kier alpha value is -4.81. The molecule has 0 saturated heterocycles. The maximum absolute atomic E-state index is 13.8. The van der Waals surface area contributed by atoms with Crippen LogP contribution in [0.1, 0.15) is 34.7 Å². The van der Waals surface area contributed by atoms with Crippen LogP contribution in [0, 0.1) is 0 Å². The third-order valence-corrected chi connectivity index (χ3v) is 10.7. The van der Waals surface area contributed by atoms with E-state index in [1.165, 1.54) is 23.7 Å². The van der Waals surface area contributed by atoms with Crippen LogP contribution >= 0.6 is 11.3 Å². The van der Waals surface area contributed by atoms with Crippen LogP contribution in [-0.4, -0.2) is 79.4 Å². The van der Waals surface area contributed by atoms with Gasteiger partial charge in [0.25, 0.3) is 15.9 Å². The Labute approximate surface area is 283 Å². The number of sulfonamides is 1. The van der Waals surface area contributed by atoms with E-state index in [-0.39, 0.29) is 72.5 Å². The summed E-state index contributed by atoms with van der Waals surface area (Å²) in [7, 11) is -4.24. The predicted molar refractivity (Wildman–Crippen MR) is 173 cm³/mol. The van der Waals surface area contributed by atoms with Crippen molar-refractivity contribution < 1.29 is 40.5 Å². The highest BCUT2D eigenvalue weighted by atomic mass is 32.2. The van der Waals surface area contributed by atoms with E-state index in [0.717, 1.165) is 21.2 Å². The number of nitrogens with one attached hydrogen (secondary N) is 4. The molecule has 0 radical (unpaired) electrons. The van der Waals surface area contributed by atoms with Crippen LogP contribution in [0.4, 0.5) is 18.9 Å². The first-order valence-electron chi connectivity index (χ1n) is 15.1. The Kier molecular flexibility index (Phi) is 11.3. The minimum absolute atomic E-state index is 0.00417. The molecule has 1 atom stereocenters. The first kappa shape index (κ1) is 35.5. The zero-order valence-corrected chi connectivity index (χ0v) is 27.5. The fourth-order valence-electron chi connectivity index (χ4n) is 4.91. The molecule has 2 bridgehead atoms. The van der Waals surface area contributed by atoms with E-state index in [1.807, 2.05) is 6.07 Å². The minimum atomic E-state index is -4.76. The Morgan fingerprint density at radius 2 is 1.71 bits per heavy atom. The average molecular weight is 720 g/mol. The highest BCUT2D eigenvalue weighted by Crippen LogP contribution is 2.35. The minimum Gasteiger partial charge on any atom is -0.383 e. The van der Waals surface area contributed by atoms with Gasteiger partial charge in [-0.05, 0) is 30.2 Å². The Balaban J connectivity index is 1.37. The lowest BCUT2D eigenvalue weighted by atomic mass is 10.0. The number of rotatable bonds is 5. The van der Waals surface area contributed by atoms with Gasteiger partial charge in [0.15, 0.2) is 0 Å². The fraction of sp³-hybridized carbons (Fsp3) is 0.323. The molecule has 18 heteroatoms. The van der Waals surface area contributed by atoms with Crippen LogP contribution in [0.2, 0.25) is 0 Å². The van der Waals surface area contributed by atoms with Crippen molar-refractivity contribution in [2.24, 2.45) is 0 Å². The van der Waals surface area contributed by atoms with Crippen molar-refractivity contribution in [1.29, 1.82) is 0 Å². The summed E-state index contributed by atoms with van der Waals surface area (Å²) in [6, 6.07) is 13.0. The van der Waals surface area contributed by atoms with Gasteiger partial charge >= 0.3 is 6.18 Å². The first-order valence-corrected chi connectivity index (χ1v) is 17.4. The molecule has 0 aliphatic carbocycles. The average Bonchev–Trinajstić information content (AvgIpc) is 3.77. The normalized spacial score (nSPS) is 17.9. The maximum Gasteiger partial charge on any atom is 0.452 e. The number of nitrogens with zero attached hydrogens (tertiary/aromatic N) is 3. The van der Waals surface area contributed by atoms with E-state index in [0.29, 0.717) is 18.3 Å². The third-order valence-electron chi connectivity index (χ3n) is 7.40. The molecule has 13 nitrogen and oxygen atoms in total. The number of aromatic nitrogens is 2. The summed E-state index contributed by atoms with van der Waals surface area (Å²) in [5.74, 6) is -2.80. The number of fused-ring (bicyclic) bond motifs is 2. The topological polar surface area (TPSA) is 176 Å². The number of hydrogen-bond acceptors (Lipinski definition) is 10. The van der Waals surface area contributed by atoms with Gasteiger partial charge in [0.1, 0.15) is 21.6 Å². The number of carbonyl (C=O) groups is 3. The van der Waals surface area contributed by atoms with Gasteiger partial charge in [-0.1, -0.05) is 35.5 Å². The second-order valence-electron chi connectivity index (χ2n) is 10.9. The summed E-state index contributed by atoms with van der Waals surface area (Å²) < 4.78 is 71.9. The summed E-state index contributed by atoms with van der Waals surface area (Å²) in [4.78, 5) is 43.3. The molecule has 0 unspecified atom stereocenters. The number of alkyl halides is 3. The van der Waals surface area contributed by atoms with Crippen LogP contribution in [0.3, 0.4) is 0 Å². The summed E-state index contributed by atoms with van der Waals surface area (Å²) in [5, 5.41) is 16.1. The van der Waals surface area contributed by atoms with Gasteiger partial charge in [0, 0.05) is 74.5 Å². The second kappa shape index (κ2) is 15.6. The van der Waals surface area contributed by atoms with Crippen molar-refractivity contribution in [2.45, 2.75) is 35.7 Å². The summed E-state index contributed by atoms with van der Waals surface area (Å²) in [6.07, 6.45) is -3.03. The smallest absolute Gasteiger partial charge is 0.383 e. The van der Waals surface area contributed by atoms with Gasteiger partial charge in [0.2, 0.25) is 17.6 Å². The van der Waals surface area contributed by atoms with Crippen molar-refractivity contribution in [2.75, 3.05) is 38.0 Å². The molecule has 4 aromatic rings. The van der Waals surface area contributed by atoms with Crippen molar-refractivity contribution in [3.8, 4) is 11.3 Å². The lowest BCUT2D eigenvalue weighted by Gasteiger charge is -2.23. The van der Waals surface area contributed by atoms with E-state index in [1.54, 1.807) is 30.3 Å². The number of thiophene rings is 1. The molecule has 0 saturated carbocycles. The molecule has 3 amide bonds. The Morgan fingerprint density at radius 3 is 2.47 bits per heavy atom. The Morgan fingerprint density at radius 1 is 0.939 bits per heavy atom. The van der Waals surface area contributed by atoms with Crippen LogP contribution in [-0.2, 0) is 32.2 Å². The van der Waals surface area contributed by atoms with Gasteiger partial charge < -0.3 is 25.8 Å². The number of carbonyl (C=O) groups excluding carboxylic acids is 3. The quantitative estimate of drug-likeness (QED) is 0.241. The SMILES string of the molecule is O=C1CCCN(S(=O)(=O)c2cc(-c3cc(C(F)(F)F)on3)cs2)CCNC(=O)[C@H](Cc2ccccc2)NC(=O)c2cc(ccn2)NCCN1. The van der Waals surface area contributed by atoms with Crippen molar-refractivity contribution >= 4 is 44.8 Å². The molecule has 1 aromatic carbocycles. The number of anilines is 1. The molecule has 49 heavy (non-hydrogen) atoms. The monoisotopic (exact) mass is 719 g/mol. The van der Waals surface area contributed by atoms with Gasteiger partial charge in [0.05, 0.1) is 0 Å². The molecule has 260 valence electrons. The summed E-state index contributed by atoms with van der Waals surface area (Å²) in [5.41, 5.74) is 1.34. The number of hydrogen-bond donors (Lipinski definition) is 4. The summed E-state index contributed by atoms with van der Waals surface area (Å²) in [6.45, 7) is 0.122. The van der Waals surface area contributed by atoms with E-state index in [9.17, 15) is 36.0 Å². The molecule has 1 aliphatic heterocycles. The van der Waals surface area contributed by atoms with E-state index >= 15 is 0 Å². The fourth-order valence-corrected chi connectivity index (χ4v) is 7.71. The largest absolute Gasteiger partial charge is 0.452 e. The number of pyridine rings is 1. The van der Waals surface area contributed by atoms with Gasteiger partial charge in [-0.3, -0.25) is 19.4 Å². The number of benzene rings is 1. The standard InChI is InChI=1S/C31H32F3N7O6S2/c32-31(33,34)26-18-23(40-47-26)21-16-28(48-19-21)49(45,46)41-13-4-7-27(42)37-11-10-35-22-8-9-36-24(17-22)30(44)39-25(29(43)38-12-14-41)15-20-5-2-1-3-6-20/h1-3,5-6,8-9,16-19,25,35H,4,7,10-15H2,(H,37,42)(H,38,43)(H,39,44)/t25-/m0/s1. The molecule has 1 aliphatic rings. The van der Waals surface area contributed by atoms with Gasteiger partial charge in [-0.15, -0.1) is 11.3 Å². The van der Waals surface area contributed by atoms with Crippen LogP contribution in [0.15, 0.2) is 74.9 Å². The molecule has 4 heterocycles. The van der Waals surface area contributed by atoms with E-state index in [2.05, 4.69) is 35.9 Å². The van der Waals surface area contributed by atoms with Crippen LogP contribution < -0.4 is 21.3 Å². The van der Waals surface area contributed by atoms with Crippen molar-refractivity contribution in [3.63, 3.8) is 0 Å². The summed E-state index contributed by atoms with van der Waals surface area (Å²) >= 11 is 0.784. The highest BCUT2D eigenvalue weighted by Gasteiger charge is 2.36. The maximum atomic E-state index is 13.8. The molecule has 0 spiro atoms. The van der Waals surface area contributed by atoms with E-state index in [4.69, 9.17) is 0 Å². The molecular weight excluding hydrogens is 688 g/mol. The molecule has 0 fully saturated rings. The van der Waals surface area contributed by atoms with Crippen LogP contribution in [0.25, 0.3) is 11.3 Å². The molecule has 4 N–H and O–H groups in total. The third kappa shape index (κ3) is 9.42. The van der Waals surface area contributed by atoms with E-state index < -0.39 is 39.8 Å². The molecular formula is C31H32F3N7O6S2. The van der Waals surface area contributed by atoms with Crippen LogP contribution in [0.5, 0.6) is 0 Å². The second-order valence-corrected chi connectivity index (χ2v) is 14.0. The lowest BCUT2D eigenvalue weighted by Crippen LogP contribution is -2.49. The zero-order valence-electron chi connectivity index (χ0n) is 25.8. The van der Waals surface area contributed by atoms with Gasteiger partial charge in [-0.25, -0.2) is 8.42 Å². The highest BCUT2D eigenvalue weighted by molar-refractivity contribution is 7.91. The zero-order chi connectivity index (χ0) is 35.0.